The Morgan fingerprint density at radius 2 is 2.50 bits per heavy atom. The van der Waals surface area contributed by atoms with Gasteiger partial charge in [-0.1, -0.05) is 11.6 Å². The fourth-order valence-electron chi connectivity index (χ4n) is 3.06. The van der Waals surface area contributed by atoms with Crippen LogP contribution in [0, 0.1) is 0 Å². The first kappa shape index (κ1) is 12.9. The molecule has 0 saturated carbocycles. The molecule has 3 heterocycles. The number of rotatable bonds is 3. The molecule has 2 saturated heterocycles. The lowest BCUT2D eigenvalue weighted by Gasteiger charge is -2.38. The summed E-state index contributed by atoms with van der Waals surface area (Å²) in [5.41, 5.74) is 0. The lowest BCUT2D eigenvalue weighted by molar-refractivity contribution is -0.0637. The molecule has 0 bridgehead atoms. The van der Waals surface area contributed by atoms with Crippen molar-refractivity contribution in [3.8, 4) is 0 Å². The summed E-state index contributed by atoms with van der Waals surface area (Å²) in [6, 6.07) is 2.82. The summed E-state index contributed by atoms with van der Waals surface area (Å²) in [4.78, 5) is 3.77. The zero-order valence-corrected chi connectivity index (χ0v) is 12.1. The average Bonchev–Trinajstić information content (AvgIpc) is 2.99. The minimum absolute atomic E-state index is 0.207. The van der Waals surface area contributed by atoms with Gasteiger partial charge in [-0.2, -0.15) is 0 Å². The molecule has 2 aliphatic rings. The van der Waals surface area contributed by atoms with Crippen LogP contribution in [0.5, 0.6) is 0 Å². The van der Waals surface area contributed by atoms with Gasteiger partial charge in [0.2, 0.25) is 0 Å². The van der Waals surface area contributed by atoms with E-state index in [4.69, 9.17) is 16.3 Å². The Morgan fingerprint density at radius 3 is 3.22 bits per heavy atom. The van der Waals surface area contributed by atoms with Gasteiger partial charge in [-0.15, -0.1) is 11.3 Å². The number of morpholine rings is 1. The Balaban J connectivity index is 1.74. The van der Waals surface area contributed by atoms with Gasteiger partial charge in [-0.05, 0) is 37.9 Å². The highest BCUT2D eigenvalue weighted by atomic mass is 35.5. The van der Waals surface area contributed by atoms with Crippen molar-refractivity contribution in [2.45, 2.75) is 31.0 Å². The van der Waals surface area contributed by atoms with Gasteiger partial charge >= 0.3 is 0 Å². The van der Waals surface area contributed by atoms with Crippen LogP contribution < -0.4 is 5.32 Å². The van der Waals surface area contributed by atoms with Crippen molar-refractivity contribution in [3.63, 3.8) is 0 Å². The number of fused-ring (bicyclic) bond motifs is 1. The summed E-state index contributed by atoms with van der Waals surface area (Å²) >= 11 is 7.95. The molecule has 100 valence electrons. The van der Waals surface area contributed by atoms with E-state index in [0.29, 0.717) is 6.04 Å². The number of ether oxygens (including phenoxy) is 1. The Hall–Kier alpha value is -0.130. The van der Waals surface area contributed by atoms with Crippen LogP contribution in [0.15, 0.2) is 11.4 Å². The summed E-state index contributed by atoms with van der Waals surface area (Å²) in [6.45, 7) is 3.11. The normalized spacial score (nSPS) is 30.3. The van der Waals surface area contributed by atoms with Crippen molar-refractivity contribution in [1.29, 1.82) is 0 Å². The molecule has 0 radical (unpaired) electrons. The molecule has 5 heteroatoms. The predicted octanol–water partition coefficient (Wildman–Crippen LogP) is 2.53. The van der Waals surface area contributed by atoms with Crippen molar-refractivity contribution in [2.24, 2.45) is 0 Å². The largest absolute Gasteiger partial charge is 0.373 e. The number of nitrogens with zero attached hydrogens (tertiary/aromatic N) is 1. The Kier molecular flexibility index (Phi) is 3.91. The highest BCUT2D eigenvalue weighted by Gasteiger charge is 2.36. The van der Waals surface area contributed by atoms with Crippen molar-refractivity contribution in [1.82, 2.24) is 10.2 Å². The number of likely N-dealkylation sites (N-methyl/N-ethyl adjacent to an activating group) is 1. The minimum Gasteiger partial charge on any atom is -0.373 e. The van der Waals surface area contributed by atoms with E-state index in [-0.39, 0.29) is 12.1 Å². The van der Waals surface area contributed by atoms with Crippen molar-refractivity contribution >= 4 is 22.9 Å². The number of halogens is 1. The van der Waals surface area contributed by atoms with E-state index in [1.165, 1.54) is 24.3 Å². The predicted molar refractivity (Wildman–Crippen MR) is 75.5 cm³/mol. The van der Waals surface area contributed by atoms with Gasteiger partial charge in [0.25, 0.3) is 0 Å². The highest BCUT2D eigenvalue weighted by molar-refractivity contribution is 7.10. The molecule has 3 atom stereocenters. The molecule has 1 aromatic rings. The minimum atomic E-state index is 0.207. The molecular weight excluding hydrogens is 268 g/mol. The molecule has 18 heavy (non-hydrogen) atoms. The second kappa shape index (κ2) is 5.47. The third-order valence-electron chi connectivity index (χ3n) is 4.03. The van der Waals surface area contributed by atoms with Gasteiger partial charge in [-0.3, -0.25) is 4.90 Å². The van der Waals surface area contributed by atoms with Crippen molar-refractivity contribution in [3.05, 3.63) is 21.3 Å². The lowest BCUT2D eigenvalue weighted by atomic mass is 10.1. The van der Waals surface area contributed by atoms with E-state index in [9.17, 15) is 0 Å². The van der Waals surface area contributed by atoms with Crippen LogP contribution in [-0.2, 0) is 4.74 Å². The van der Waals surface area contributed by atoms with E-state index in [1.54, 1.807) is 11.3 Å². The van der Waals surface area contributed by atoms with E-state index >= 15 is 0 Å². The first-order valence-electron chi connectivity index (χ1n) is 6.55. The maximum Gasteiger partial charge on any atom is 0.0905 e. The van der Waals surface area contributed by atoms with Crippen molar-refractivity contribution in [2.75, 3.05) is 26.7 Å². The van der Waals surface area contributed by atoms with Crippen LogP contribution in [0.1, 0.15) is 23.8 Å². The third-order valence-corrected chi connectivity index (χ3v) is 5.47. The SMILES string of the molecule is CNC(c1sccc1Cl)C1CN2CCCC2CO1. The summed E-state index contributed by atoms with van der Waals surface area (Å²) in [5, 5.41) is 6.27. The summed E-state index contributed by atoms with van der Waals surface area (Å²) in [5.74, 6) is 0. The molecule has 3 rings (SSSR count). The van der Waals surface area contributed by atoms with E-state index in [0.717, 1.165) is 18.2 Å². The molecule has 1 N–H and O–H groups in total. The summed E-state index contributed by atoms with van der Waals surface area (Å²) in [6.07, 6.45) is 2.81. The van der Waals surface area contributed by atoms with Crippen LogP contribution in [0.4, 0.5) is 0 Å². The molecule has 0 spiro atoms. The van der Waals surface area contributed by atoms with Crippen LogP contribution in [0.25, 0.3) is 0 Å². The van der Waals surface area contributed by atoms with E-state index in [1.807, 2.05) is 18.5 Å². The number of hydrogen-bond donors (Lipinski definition) is 1. The smallest absolute Gasteiger partial charge is 0.0905 e. The Labute approximate surface area is 117 Å². The molecule has 2 aliphatic heterocycles. The Morgan fingerprint density at radius 1 is 1.61 bits per heavy atom. The third kappa shape index (κ3) is 2.32. The first-order valence-corrected chi connectivity index (χ1v) is 7.81. The standard InChI is InChI=1S/C13H19ClN2OS/c1-15-12(13-10(14)4-6-18-13)11-7-16-5-2-3-9(16)8-17-11/h4,6,9,11-12,15H,2-3,5,7-8H2,1H3. The average molecular weight is 287 g/mol. The molecule has 0 amide bonds. The second-order valence-electron chi connectivity index (χ2n) is 5.06. The van der Waals surface area contributed by atoms with Gasteiger partial charge in [0.1, 0.15) is 0 Å². The quantitative estimate of drug-likeness (QED) is 0.924. The van der Waals surface area contributed by atoms with Crippen molar-refractivity contribution < 1.29 is 4.74 Å². The fraction of sp³-hybridized carbons (Fsp3) is 0.692. The van der Waals surface area contributed by atoms with Crippen LogP contribution in [0.3, 0.4) is 0 Å². The number of hydrogen-bond acceptors (Lipinski definition) is 4. The molecule has 3 nitrogen and oxygen atoms in total. The second-order valence-corrected chi connectivity index (χ2v) is 6.42. The highest BCUT2D eigenvalue weighted by Crippen LogP contribution is 2.34. The van der Waals surface area contributed by atoms with E-state index in [2.05, 4.69) is 10.2 Å². The maximum atomic E-state index is 6.25. The van der Waals surface area contributed by atoms with Crippen LogP contribution in [0.2, 0.25) is 5.02 Å². The number of thiophene rings is 1. The summed E-state index contributed by atoms with van der Waals surface area (Å²) < 4.78 is 6.07. The zero-order valence-electron chi connectivity index (χ0n) is 10.6. The maximum absolute atomic E-state index is 6.25. The molecule has 1 aromatic heterocycles. The molecule has 0 aromatic carbocycles. The lowest BCUT2D eigenvalue weighted by Crippen LogP contribution is -2.50. The summed E-state index contributed by atoms with van der Waals surface area (Å²) in [7, 11) is 1.99. The number of nitrogens with one attached hydrogen (secondary N) is 1. The monoisotopic (exact) mass is 286 g/mol. The van der Waals surface area contributed by atoms with Gasteiger partial charge in [-0.25, -0.2) is 0 Å². The van der Waals surface area contributed by atoms with Crippen LogP contribution >= 0.6 is 22.9 Å². The van der Waals surface area contributed by atoms with Gasteiger partial charge in [0.05, 0.1) is 23.8 Å². The topological polar surface area (TPSA) is 24.5 Å². The molecule has 3 unspecified atom stereocenters. The van der Waals surface area contributed by atoms with Gasteiger partial charge < -0.3 is 10.1 Å². The molecule has 2 fully saturated rings. The van der Waals surface area contributed by atoms with Crippen LogP contribution in [-0.4, -0.2) is 43.8 Å². The van der Waals surface area contributed by atoms with E-state index < -0.39 is 0 Å². The Bertz CT molecular complexity index is 411. The molecule has 0 aliphatic carbocycles. The van der Waals surface area contributed by atoms with Gasteiger partial charge in [0.15, 0.2) is 0 Å². The zero-order chi connectivity index (χ0) is 12.5. The first-order chi connectivity index (χ1) is 8.79. The molecular formula is C13H19ClN2OS. The van der Waals surface area contributed by atoms with Gasteiger partial charge in [0, 0.05) is 17.5 Å². The fourth-order valence-corrected chi connectivity index (χ4v) is 4.39.